The molecule has 0 fully saturated rings. The highest BCUT2D eigenvalue weighted by atomic mass is 15.2. The quantitative estimate of drug-likeness (QED) is 0.711. The van der Waals surface area contributed by atoms with E-state index in [1.807, 2.05) is 19.4 Å². The number of hydrogen-bond donors (Lipinski definition) is 0. The van der Waals surface area contributed by atoms with Crippen molar-refractivity contribution >= 4 is 5.69 Å². The van der Waals surface area contributed by atoms with Gasteiger partial charge >= 0.3 is 0 Å². The highest BCUT2D eigenvalue weighted by Gasteiger charge is 2.26. The van der Waals surface area contributed by atoms with Gasteiger partial charge in [-0.25, -0.2) is 0 Å². The van der Waals surface area contributed by atoms with Crippen molar-refractivity contribution in [1.29, 1.82) is 5.26 Å². The minimum absolute atomic E-state index is 0.321. The van der Waals surface area contributed by atoms with Gasteiger partial charge in [-0.3, -0.25) is 4.68 Å². The minimum atomic E-state index is 0.321. The molecule has 4 nitrogen and oxygen atoms in total. The van der Waals surface area contributed by atoms with Crippen LogP contribution in [-0.4, -0.2) is 23.4 Å². The number of benzene rings is 1. The molecule has 1 aliphatic heterocycles. The van der Waals surface area contributed by atoms with Gasteiger partial charge in [0, 0.05) is 50.4 Å². The van der Waals surface area contributed by atoms with E-state index in [9.17, 15) is 0 Å². The van der Waals surface area contributed by atoms with Crippen molar-refractivity contribution in [1.82, 2.24) is 9.78 Å². The Balaban J connectivity index is 0.000000326. The molecule has 1 atom stereocenters. The van der Waals surface area contributed by atoms with Gasteiger partial charge in [0.15, 0.2) is 0 Å². The highest BCUT2D eigenvalue weighted by Crippen LogP contribution is 2.39. The lowest BCUT2D eigenvalue weighted by Crippen LogP contribution is -2.14. The molecular weight excluding hydrogens is 308 g/mol. The molecule has 0 saturated heterocycles. The first-order valence-corrected chi connectivity index (χ1v) is 9.31. The topological polar surface area (TPSA) is 44.9 Å². The normalized spacial score (nSPS) is 15.3. The Hall–Kier alpha value is -2.28. The van der Waals surface area contributed by atoms with E-state index in [1.54, 1.807) is 4.68 Å². The maximum Gasteiger partial charge on any atom is 0.0628 e. The van der Waals surface area contributed by atoms with Crippen LogP contribution in [0.4, 0.5) is 5.69 Å². The van der Waals surface area contributed by atoms with Crippen LogP contribution in [0.3, 0.4) is 0 Å². The number of likely N-dealkylation sites (N-methyl/N-ethyl adjacent to an activating group) is 1. The van der Waals surface area contributed by atoms with Crippen molar-refractivity contribution in [3.05, 3.63) is 36.2 Å². The number of nitriles is 1. The molecule has 0 N–H and O–H groups in total. The van der Waals surface area contributed by atoms with Gasteiger partial charge < -0.3 is 4.90 Å². The van der Waals surface area contributed by atoms with Crippen LogP contribution in [-0.2, 0) is 7.05 Å². The van der Waals surface area contributed by atoms with Gasteiger partial charge in [-0.1, -0.05) is 45.6 Å². The zero-order valence-corrected chi connectivity index (χ0v) is 16.0. The molecule has 0 aliphatic carbocycles. The highest BCUT2D eigenvalue weighted by molar-refractivity contribution is 5.70. The molecule has 1 unspecified atom stereocenters. The third-order valence-electron chi connectivity index (χ3n) is 4.71. The molecule has 4 heteroatoms. The van der Waals surface area contributed by atoms with Crippen LogP contribution in [0.1, 0.15) is 57.4 Å². The third kappa shape index (κ3) is 4.85. The fourth-order valence-electron chi connectivity index (χ4n) is 3.29. The largest absolute Gasteiger partial charge is 0.374 e. The molecule has 2 heterocycles. The Labute approximate surface area is 152 Å². The fraction of sp³-hybridized carbons (Fsp3) is 0.524. The first-order chi connectivity index (χ1) is 12.1. The average Bonchev–Trinajstić information content (AvgIpc) is 3.18. The van der Waals surface area contributed by atoms with E-state index in [0.29, 0.717) is 12.3 Å². The molecular formula is C21H30N4. The number of aromatic nitrogens is 2. The van der Waals surface area contributed by atoms with E-state index in [0.717, 1.165) is 12.1 Å². The Morgan fingerprint density at radius 2 is 1.88 bits per heavy atom. The van der Waals surface area contributed by atoms with Crippen molar-refractivity contribution in [2.24, 2.45) is 7.05 Å². The van der Waals surface area contributed by atoms with Crippen LogP contribution < -0.4 is 4.90 Å². The Morgan fingerprint density at radius 3 is 2.44 bits per heavy atom. The molecule has 0 amide bonds. The second-order valence-electron chi connectivity index (χ2n) is 6.82. The maximum absolute atomic E-state index is 8.95. The summed E-state index contributed by atoms with van der Waals surface area (Å²) in [6, 6.07) is 8.77. The Morgan fingerprint density at radius 1 is 1.16 bits per heavy atom. The third-order valence-corrected chi connectivity index (χ3v) is 4.71. The van der Waals surface area contributed by atoms with Crippen LogP contribution in [0.2, 0.25) is 0 Å². The predicted octanol–water partition coefficient (Wildman–Crippen LogP) is 5.12. The number of nitrogens with zero attached hydrogens (tertiary/aromatic N) is 4. The molecule has 2 aromatic rings. The van der Waals surface area contributed by atoms with Gasteiger partial charge in [0.25, 0.3) is 0 Å². The SMILES string of the molecule is CCCCCC.CN1CC(CC#N)c2cc(-c3cnn(C)c3)ccc21. The van der Waals surface area contributed by atoms with Crippen molar-refractivity contribution in [2.75, 3.05) is 18.5 Å². The molecule has 3 rings (SSSR count). The predicted molar refractivity (Wildman–Crippen MR) is 105 cm³/mol. The first-order valence-electron chi connectivity index (χ1n) is 9.31. The first kappa shape index (κ1) is 19.1. The maximum atomic E-state index is 8.95. The zero-order valence-electron chi connectivity index (χ0n) is 16.0. The Kier molecular flexibility index (Phi) is 7.06. The van der Waals surface area contributed by atoms with Crippen molar-refractivity contribution < 1.29 is 0 Å². The molecule has 0 radical (unpaired) electrons. The summed E-state index contributed by atoms with van der Waals surface area (Å²) in [5.74, 6) is 0.321. The molecule has 1 aromatic carbocycles. The molecule has 1 aliphatic rings. The molecule has 134 valence electrons. The summed E-state index contributed by atoms with van der Waals surface area (Å²) >= 11 is 0. The molecule has 0 saturated carbocycles. The van der Waals surface area contributed by atoms with Crippen LogP contribution in [0.25, 0.3) is 11.1 Å². The van der Waals surface area contributed by atoms with Crippen LogP contribution in [0, 0.1) is 11.3 Å². The second kappa shape index (κ2) is 9.27. The van der Waals surface area contributed by atoms with Gasteiger partial charge in [-0.15, -0.1) is 0 Å². The van der Waals surface area contributed by atoms with Crippen LogP contribution >= 0.6 is 0 Å². The summed E-state index contributed by atoms with van der Waals surface area (Å²) in [5.41, 5.74) is 4.82. The monoisotopic (exact) mass is 338 g/mol. The summed E-state index contributed by atoms with van der Waals surface area (Å²) in [6.07, 6.45) is 10.0. The number of hydrogen-bond acceptors (Lipinski definition) is 3. The minimum Gasteiger partial charge on any atom is -0.374 e. The summed E-state index contributed by atoms with van der Waals surface area (Å²) in [7, 11) is 4.00. The molecule has 0 bridgehead atoms. The van der Waals surface area contributed by atoms with Crippen molar-refractivity contribution in [3.8, 4) is 17.2 Å². The molecule has 25 heavy (non-hydrogen) atoms. The van der Waals surface area contributed by atoms with E-state index in [1.165, 1.54) is 42.5 Å². The van der Waals surface area contributed by atoms with Crippen molar-refractivity contribution in [2.45, 2.75) is 51.9 Å². The van der Waals surface area contributed by atoms with E-state index < -0.39 is 0 Å². The van der Waals surface area contributed by atoms with E-state index >= 15 is 0 Å². The lowest BCUT2D eigenvalue weighted by molar-refractivity contribution is 0.702. The van der Waals surface area contributed by atoms with Gasteiger partial charge in [0.2, 0.25) is 0 Å². The van der Waals surface area contributed by atoms with Crippen LogP contribution in [0.5, 0.6) is 0 Å². The van der Waals surface area contributed by atoms with Crippen molar-refractivity contribution in [3.63, 3.8) is 0 Å². The summed E-state index contributed by atoms with van der Waals surface area (Å²) in [4.78, 5) is 2.23. The van der Waals surface area contributed by atoms with Gasteiger partial charge in [0.1, 0.15) is 0 Å². The summed E-state index contributed by atoms with van der Waals surface area (Å²) in [5, 5.41) is 13.2. The lowest BCUT2D eigenvalue weighted by Gasteiger charge is -2.11. The summed E-state index contributed by atoms with van der Waals surface area (Å²) < 4.78 is 1.81. The number of anilines is 1. The standard InChI is InChI=1S/C15H16N4.C6H14/c1-18-9-12(5-6-16)14-7-11(3-4-15(14)18)13-8-17-19(2)10-13;1-3-5-6-4-2/h3-4,7-8,10,12H,5,9H2,1-2H3;3-6H2,1-2H3. The number of aryl methyl sites for hydroxylation is 1. The zero-order chi connectivity index (χ0) is 18.2. The smallest absolute Gasteiger partial charge is 0.0628 e. The van der Waals surface area contributed by atoms with Gasteiger partial charge in [-0.05, 0) is 23.3 Å². The fourth-order valence-corrected chi connectivity index (χ4v) is 3.29. The lowest BCUT2D eigenvalue weighted by atomic mass is 9.95. The van der Waals surface area contributed by atoms with E-state index in [4.69, 9.17) is 5.26 Å². The van der Waals surface area contributed by atoms with Crippen LogP contribution in [0.15, 0.2) is 30.6 Å². The molecule has 0 spiro atoms. The number of rotatable bonds is 5. The summed E-state index contributed by atoms with van der Waals surface area (Å²) in [6.45, 7) is 5.39. The van der Waals surface area contributed by atoms with Gasteiger partial charge in [-0.2, -0.15) is 10.4 Å². The second-order valence-corrected chi connectivity index (χ2v) is 6.82. The van der Waals surface area contributed by atoms with Gasteiger partial charge in [0.05, 0.1) is 12.3 Å². The number of unbranched alkanes of at least 4 members (excludes halogenated alkanes) is 3. The molecule has 1 aromatic heterocycles. The number of fused-ring (bicyclic) bond motifs is 1. The average molecular weight is 338 g/mol. The Bertz CT molecular complexity index is 707. The van der Waals surface area contributed by atoms with E-state index in [-0.39, 0.29) is 0 Å². The van der Waals surface area contributed by atoms with E-state index in [2.05, 4.69) is 55.2 Å².